The van der Waals surface area contributed by atoms with Crippen molar-refractivity contribution in [1.82, 2.24) is 0 Å². The number of allylic oxidation sites excluding steroid dienone is 1. The minimum Gasteiger partial charge on any atom is -0.378 e. The van der Waals surface area contributed by atoms with Gasteiger partial charge in [0.1, 0.15) is 0 Å². The van der Waals surface area contributed by atoms with E-state index in [1.54, 1.807) is 0 Å². The average molecular weight is 237 g/mol. The van der Waals surface area contributed by atoms with Gasteiger partial charge in [-0.25, -0.2) is 0 Å². The van der Waals surface area contributed by atoms with E-state index in [0.717, 1.165) is 0 Å². The van der Waals surface area contributed by atoms with Gasteiger partial charge in [-0.15, -0.1) is 0 Å². The van der Waals surface area contributed by atoms with Gasteiger partial charge in [0.25, 0.3) is 0 Å². The second-order valence-corrected chi connectivity index (χ2v) is 4.68. The van der Waals surface area contributed by atoms with E-state index in [9.17, 15) is 0 Å². The summed E-state index contributed by atoms with van der Waals surface area (Å²) in [5.74, 6) is 0. The average Bonchev–Trinajstić information content (AvgIpc) is 2.40. The van der Waals surface area contributed by atoms with Crippen LogP contribution in [0.2, 0.25) is 0 Å². The standard InChI is InChI=1S/C17H19N/c1-14(16-7-5-4-6-8-16)13-15-9-11-17(12-10-15)18(2)3/h4-13H,1-3H3/b14-13+. The highest BCUT2D eigenvalue weighted by Crippen LogP contribution is 2.19. The predicted octanol–water partition coefficient (Wildman–Crippen LogP) is 4.31. The van der Waals surface area contributed by atoms with Crippen LogP contribution in [0, 0.1) is 0 Å². The van der Waals surface area contributed by atoms with Crippen molar-refractivity contribution in [2.24, 2.45) is 0 Å². The largest absolute Gasteiger partial charge is 0.378 e. The summed E-state index contributed by atoms with van der Waals surface area (Å²) >= 11 is 0. The van der Waals surface area contributed by atoms with E-state index in [2.05, 4.69) is 80.5 Å². The smallest absolute Gasteiger partial charge is 0.0361 e. The maximum atomic E-state index is 2.22. The molecule has 0 N–H and O–H groups in total. The molecule has 1 nitrogen and oxygen atoms in total. The molecule has 0 unspecified atom stereocenters. The van der Waals surface area contributed by atoms with Gasteiger partial charge < -0.3 is 4.90 Å². The Morgan fingerprint density at radius 1 is 0.889 bits per heavy atom. The molecule has 0 spiro atoms. The summed E-state index contributed by atoms with van der Waals surface area (Å²) in [7, 11) is 4.11. The number of benzene rings is 2. The van der Waals surface area contributed by atoms with Crippen molar-refractivity contribution in [3.8, 4) is 0 Å². The predicted molar refractivity (Wildman–Crippen MR) is 80.8 cm³/mol. The van der Waals surface area contributed by atoms with Crippen molar-refractivity contribution in [3.63, 3.8) is 0 Å². The zero-order chi connectivity index (χ0) is 13.0. The van der Waals surface area contributed by atoms with E-state index in [1.165, 1.54) is 22.4 Å². The molecule has 0 aliphatic rings. The Bertz CT molecular complexity index is 521. The van der Waals surface area contributed by atoms with Crippen LogP contribution in [0.1, 0.15) is 18.1 Å². The lowest BCUT2D eigenvalue weighted by atomic mass is 10.0. The van der Waals surface area contributed by atoms with E-state index in [4.69, 9.17) is 0 Å². The fourth-order valence-electron chi connectivity index (χ4n) is 1.90. The highest BCUT2D eigenvalue weighted by atomic mass is 15.1. The summed E-state index contributed by atoms with van der Waals surface area (Å²) in [5.41, 5.74) is 5.02. The highest BCUT2D eigenvalue weighted by molar-refractivity contribution is 5.80. The first-order valence-electron chi connectivity index (χ1n) is 6.18. The molecule has 2 aromatic carbocycles. The third-order valence-electron chi connectivity index (χ3n) is 3.02. The summed E-state index contributed by atoms with van der Waals surface area (Å²) in [4.78, 5) is 2.11. The van der Waals surface area contributed by atoms with E-state index >= 15 is 0 Å². The quantitative estimate of drug-likeness (QED) is 0.719. The van der Waals surface area contributed by atoms with Gasteiger partial charge in [0.2, 0.25) is 0 Å². The lowest BCUT2D eigenvalue weighted by molar-refractivity contribution is 1.13. The summed E-state index contributed by atoms with van der Waals surface area (Å²) in [6, 6.07) is 19.1. The second kappa shape index (κ2) is 5.54. The van der Waals surface area contributed by atoms with Crippen molar-refractivity contribution < 1.29 is 0 Å². The Morgan fingerprint density at radius 3 is 2.06 bits per heavy atom. The van der Waals surface area contributed by atoms with Gasteiger partial charge in [0.15, 0.2) is 0 Å². The zero-order valence-electron chi connectivity index (χ0n) is 11.2. The van der Waals surface area contributed by atoms with Gasteiger partial charge in [-0.05, 0) is 35.8 Å². The van der Waals surface area contributed by atoms with Crippen LogP contribution >= 0.6 is 0 Å². The molecule has 0 aliphatic heterocycles. The lowest BCUT2D eigenvalue weighted by Gasteiger charge is -2.12. The van der Waals surface area contributed by atoms with Gasteiger partial charge in [-0.1, -0.05) is 48.5 Å². The van der Waals surface area contributed by atoms with Crippen LogP contribution < -0.4 is 4.90 Å². The Balaban J connectivity index is 2.23. The molecule has 0 saturated carbocycles. The van der Waals surface area contributed by atoms with Crippen LogP contribution in [-0.2, 0) is 0 Å². The van der Waals surface area contributed by atoms with Crippen molar-refractivity contribution in [2.45, 2.75) is 6.92 Å². The Morgan fingerprint density at radius 2 is 1.50 bits per heavy atom. The summed E-state index contributed by atoms with van der Waals surface area (Å²) < 4.78 is 0. The SMILES string of the molecule is C/C(=C\c1ccc(N(C)C)cc1)c1ccccc1. The van der Waals surface area contributed by atoms with Crippen LogP contribution in [0.4, 0.5) is 5.69 Å². The number of rotatable bonds is 3. The molecule has 0 amide bonds. The van der Waals surface area contributed by atoms with Gasteiger partial charge in [0.05, 0.1) is 0 Å². The molecule has 2 aromatic rings. The van der Waals surface area contributed by atoms with Crippen molar-refractivity contribution >= 4 is 17.3 Å². The van der Waals surface area contributed by atoms with Crippen LogP contribution in [0.25, 0.3) is 11.6 Å². The summed E-state index contributed by atoms with van der Waals surface area (Å²) in [5, 5.41) is 0. The number of anilines is 1. The lowest BCUT2D eigenvalue weighted by Crippen LogP contribution is -2.07. The minimum atomic E-state index is 1.23. The molecular formula is C17H19N. The fraction of sp³-hybridized carbons (Fsp3) is 0.176. The molecule has 0 aromatic heterocycles. The Kier molecular flexibility index (Phi) is 3.83. The molecule has 0 fully saturated rings. The second-order valence-electron chi connectivity index (χ2n) is 4.68. The number of hydrogen-bond acceptors (Lipinski definition) is 1. The van der Waals surface area contributed by atoms with E-state index in [-0.39, 0.29) is 0 Å². The molecule has 0 heterocycles. The minimum absolute atomic E-state index is 1.23. The van der Waals surface area contributed by atoms with Crippen molar-refractivity contribution in [2.75, 3.05) is 19.0 Å². The molecule has 18 heavy (non-hydrogen) atoms. The first-order valence-corrected chi connectivity index (χ1v) is 6.18. The molecular weight excluding hydrogens is 218 g/mol. The van der Waals surface area contributed by atoms with Gasteiger partial charge in [-0.3, -0.25) is 0 Å². The molecule has 1 heteroatoms. The monoisotopic (exact) mass is 237 g/mol. The van der Waals surface area contributed by atoms with Gasteiger partial charge in [-0.2, -0.15) is 0 Å². The van der Waals surface area contributed by atoms with Crippen LogP contribution in [-0.4, -0.2) is 14.1 Å². The topological polar surface area (TPSA) is 3.24 Å². The van der Waals surface area contributed by atoms with Crippen molar-refractivity contribution in [3.05, 3.63) is 65.7 Å². The van der Waals surface area contributed by atoms with E-state index in [1.807, 2.05) is 6.07 Å². The van der Waals surface area contributed by atoms with Gasteiger partial charge in [0, 0.05) is 19.8 Å². The maximum Gasteiger partial charge on any atom is 0.0361 e. The molecule has 0 saturated heterocycles. The molecule has 0 atom stereocenters. The van der Waals surface area contributed by atoms with Crippen LogP contribution in [0.5, 0.6) is 0 Å². The van der Waals surface area contributed by atoms with Crippen LogP contribution in [0.15, 0.2) is 54.6 Å². The fourth-order valence-corrected chi connectivity index (χ4v) is 1.90. The first kappa shape index (κ1) is 12.4. The Hall–Kier alpha value is -2.02. The maximum absolute atomic E-state index is 2.22. The molecule has 2 rings (SSSR count). The number of hydrogen-bond donors (Lipinski definition) is 0. The molecule has 0 aliphatic carbocycles. The third-order valence-corrected chi connectivity index (χ3v) is 3.02. The first-order chi connectivity index (χ1) is 8.66. The van der Waals surface area contributed by atoms with E-state index in [0.29, 0.717) is 0 Å². The van der Waals surface area contributed by atoms with Gasteiger partial charge >= 0.3 is 0 Å². The molecule has 0 bridgehead atoms. The van der Waals surface area contributed by atoms with Crippen LogP contribution in [0.3, 0.4) is 0 Å². The highest BCUT2D eigenvalue weighted by Gasteiger charge is 1.97. The third kappa shape index (κ3) is 3.01. The summed E-state index contributed by atoms with van der Waals surface area (Å²) in [6.07, 6.45) is 2.22. The summed E-state index contributed by atoms with van der Waals surface area (Å²) in [6.45, 7) is 2.15. The molecule has 92 valence electrons. The Labute approximate surface area is 109 Å². The normalized spacial score (nSPS) is 11.4. The molecule has 0 radical (unpaired) electrons. The van der Waals surface area contributed by atoms with E-state index < -0.39 is 0 Å². The number of nitrogens with zero attached hydrogens (tertiary/aromatic N) is 1. The van der Waals surface area contributed by atoms with Crippen molar-refractivity contribution in [1.29, 1.82) is 0 Å². The zero-order valence-corrected chi connectivity index (χ0v) is 11.2.